The van der Waals surface area contributed by atoms with Gasteiger partial charge in [-0.25, -0.2) is 4.79 Å². The number of carboxylic acids is 1. The maximum absolute atomic E-state index is 11.5. The van der Waals surface area contributed by atoms with Gasteiger partial charge in [-0.15, -0.1) is 6.58 Å². The molecule has 0 aromatic heterocycles. The molecule has 0 aromatic rings. The summed E-state index contributed by atoms with van der Waals surface area (Å²) in [6.07, 6.45) is 1.97. The van der Waals surface area contributed by atoms with E-state index in [2.05, 4.69) is 17.2 Å². The van der Waals surface area contributed by atoms with Gasteiger partial charge in [0.15, 0.2) is 0 Å². The number of hydrogen-bond donors (Lipinski definition) is 3. The highest BCUT2D eigenvalue weighted by atomic mass is 16.4. The molecule has 0 radical (unpaired) electrons. The van der Waals surface area contributed by atoms with E-state index in [-0.39, 0.29) is 24.3 Å². The minimum absolute atomic E-state index is 0.0480. The van der Waals surface area contributed by atoms with Gasteiger partial charge in [-0.2, -0.15) is 0 Å². The van der Waals surface area contributed by atoms with Crippen LogP contribution in [0.2, 0.25) is 0 Å². The lowest BCUT2D eigenvalue weighted by Gasteiger charge is -2.20. The van der Waals surface area contributed by atoms with Crippen molar-refractivity contribution in [2.45, 2.75) is 45.2 Å². The minimum Gasteiger partial charge on any atom is -0.480 e. The average Bonchev–Trinajstić information content (AvgIpc) is 2.14. The summed E-state index contributed by atoms with van der Waals surface area (Å²) >= 11 is 0. The quantitative estimate of drug-likeness (QED) is 0.580. The van der Waals surface area contributed by atoms with Crippen LogP contribution in [0, 0.1) is 0 Å². The Kier molecular flexibility index (Phi) is 6.50. The second-order valence-corrected chi connectivity index (χ2v) is 4.91. The number of hydrogen-bond acceptors (Lipinski definition) is 3. The third kappa shape index (κ3) is 8.45. The second-order valence-electron chi connectivity index (χ2n) is 4.91. The molecule has 1 amide bonds. The summed E-state index contributed by atoms with van der Waals surface area (Å²) in [5.41, 5.74) is -0.0480. The van der Waals surface area contributed by atoms with Crippen molar-refractivity contribution in [3.05, 3.63) is 12.7 Å². The Bertz CT molecular complexity index is 282. The van der Waals surface area contributed by atoms with Gasteiger partial charge in [-0.3, -0.25) is 4.79 Å². The third-order valence-electron chi connectivity index (χ3n) is 2.04. The Labute approximate surface area is 102 Å². The van der Waals surface area contributed by atoms with Crippen molar-refractivity contribution >= 4 is 11.9 Å². The molecule has 5 heteroatoms. The van der Waals surface area contributed by atoms with Crippen LogP contribution in [0.25, 0.3) is 0 Å². The zero-order valence-corrected chi connectivity index (χ0v) is 10.7. The monoisotopic (exact) mass is 242 g/mol. The van der Waals surface area contributed by atoms with Crippen LogP contribution in [0.3, 0.4) is 0 Å². The van der Waals surface area contributed by atoms with E-state index in [1.54, 1.807) is 0 Å². The molecule has 5 nitrogen and oxygen atoms in total. The van der Waals surface area contributed by atoms with Gasteiger partial charge in [-0.1, -0.05) is 6.08 Å². The first-order valence-electron chi connectivity index (χ1n) is 5.64. The largest absolute Gasteiger partial charge is 0.480 e. The summed E-state index contributed by atoms with van der Waals surface area (Å²) < 4.78 is 0. The molecule has 0 heterocycles. The van der Waals surface area contributed by atoms with Crippen molar-refractivity contribution in [3.63, 3.8) is 0 Å². The first-order chi connectivity index (χ1) is 7.76. The summed E-state index contributed by atoms with van der Waals surface area (Å²) in [5.74, 6) is -1.31. The fourth-order valence-electron chi connectivity index (χ4n) is 1.21. The number of aliphatic carboxylic acids is 1. The molecule has 0 spiro atoms. The van der Waals surface area contributed by atoms with Gasteiger partial charge in [0, 0.05) is 18.5 Å². The highest BCUT2D eigenvalue weighted by Crippen LogP contribution is 1.98. The Morgan fingerprint density at radius 3 is 2.41 bits per heavy atom. The Balaban J connectivity index is 3.99. The average molecular weight is 242 g/mol. The van der Waals surface area contributed by atoms with Crippen LogP contribution in [-0.4, -0.2) is 35.1 Å². The number of carbonyl (C=O) groups excluding carboxylic acids is 1. The predicted octanol–water partition coefficient (Wildman–Crippen LogP) is 0.910. The fraction of sp³-hybridized carbons (Fsp3) is 0.667. The zero-order valence-electron chi connectivity index (χ0n) is 10.7. The molecular weight excluding hydrogens is 220 g/mol. The molecule has 0 aromatic carbocycles. The number of carboxylic acid groups (broad SMARTS) is 1. The van der Waals surface area contributed by atoms with Crippen molar-refractivity contribution < 1.29 is 14.7 Å². The topological polar surface area (TPSA) is 78.4 Å². The van der Waals surface area contributed by atoms with Crippen LogP contribution in [-0.2, 0) is 9.59 Å². The number of carbonyl (C=O) groups is 2. The lowest BCUT2D eigenvalue weighted by atomic mass is 10.1. The van der Waals surface area contributed by atoms with Gasteiger partial charge < -0.3 is 15.7 Å². The van der Waals surface area contributed by atoms with Crippen molar-refractivity contribution in [3.8, 4) is 0 Å². The standard InChI is InChI=1S/C12H22N2O3/c1-5-6-9(11(16)17)14-10(15)7-8-13-12(2,3)4/h5,9,13H,1,6-8H2,2-4H3,(H,14,15)(H,16,17). The molecule has 3 N–H and O–H groups in total. The Morgan fingerprint density at radius 1 is 1.41 bits per heavy atom. The van der Waals surface area contributed by atoms with Crippen LogP contribution >= 0.6 is 0 Å². The van der Waals surface area contributed by atoms with Crippen molar-refractivity contribution in [1.82, 2.24) is 10.6 Å². The molecule has 98 valence electrons. The first-order valence-corrected chi connectivity index (χ1v) is 5.64. The normalized spacial score (nSPS) is 12.9. The summed E-state index contributed by atoms with van der Waals surface area (Å²) in [6, 6.07) is -0.880. The Hall–Kier alpha value is -1.36. The molecule has 17 heavy (non-hydrogen) atoms. The third-order valence-corrected chi connectivity index (χ3v) is 2.04. The highest BCUT2D eigenvalue weighted by Gasteiger charge is 2.18. The van der Waals surface area contributed by atoms with Gasteiger partial charge in [0.1, 0.15) is 6.04 Å². The van der Waals surface area contributed by atoms with E-state index in [0.717, 1.165) is 0 Å². The first kappa shape index (κ1) is 15.6. The van der Waals surface area contributed by atoms with Crippen LogP contribution in [0.1, 0.15) is 33.6 Å². The summed E-state index contributed by atoms with van der Waals surface area (Å²) in [4.78, 5) is 22.2. The maximum atomic E-state index is 11.5. The van der Waals surface area contributed by atoms with E-state index in [4.69, 9.17) is 5.11 Å². The number of nitrogens with one attached hydrogen (secondary N) is 2. The number of rotatable bonds is 7. The van der Waals surface area contributed by atoms with E-state index in [1.165, 1.54) is 6.08 Å². The molecule has 0 rings (SSSR count). The molecule has 1 unspecified atom stereocenters. The lowest BCUT2D eigenvalue weighted by Crippen LogP contribution is -2.43. The van der Waals surface area contributed by atoms with E-state index in [1.807, 2.05) is 20.8 Å². The van der Waals surface area contributed by atoms with Gasteiger partial charge in [0.05, 0.1) is 0 Å². The van der Waals surface area contributed by atoms with Crippen molar-refractivity contribution in [2.24, 2.45) is 0 Å². The molecule has 0 aliphatic heterocycles. The molecule has 0 bridgehead atoms. The van der Waals surface area contributed by atoms with Gasteiger partial charge in [0.2, 0.25) is 5.91 Å². The van der Waals surface area contributed by atoms with E-state index in [9.17, 15) is 9.59 Å². The smallest absolute Gasteiger partial charge is 0.326 e. The summed E-state index contributed by atoms with van der Waals surface area (Å²) in [6.45, 7) is 9.99. The zero-order chi connectivity index (χ0) is 13.5. The molecular formula is C12H22N2O3. The molecule has 0 aliphatic carbocycles. The molecule has 0 fully saturated rings. The van der Waals surface area contributed by atoms with Gasteiger partial charge in [0.25, 0.3) is 0 Å². The fourth-order valence-corrected chi connectivity index (χ4v) is 1.21. The van der Waals surface area contributed by atoms with Crippen molar-refractivity contribution in [2.75, 3.05) is 6.54 Å². The van der Waals surface area contributed by atoms with Gasteiger partial charge in [-0.05, 0) is 27.2 Å². The maximum Gasteiger partial charge on any atom is 0.326 e. The predicted molar refractivity (Wildman–Crippen MR) is 66.8 cm³/mol. The van der Waals surface area contributed by atoms with Crippen LogP contribution in [0.4, 0.5) is 0 Å². The van der Waals surface area contributed by atoms with E-state index in [0.29, 0.717) is 6.54 Å². The van der Waals surface area contributed by atoms with E-state index >= 15 is 0 Å². The molecule has 0 saturated carbocycles. The molecule has 1 atom stereocenters. The lowest BCUT2D eigenvalue weighted by molar-refractivity contribution is -0.141. The van der Waals surface area contributed by atoms with E-state index < -0.39 is 12.0 Å². The highest BCUT2D eigenvalue weighted by molar-refractivity contribution is 5.83. The van der Waals surface area contributed by atoms with Gasteiger partial charge >= 0.3 is 5.97 Å². The molecule has 0 saturated heterocycles. The number of amides is 1. The van der Waals surface area contributed by atoms with Crippen LogP contribution < -0.4 is 10.6 Å². The van der Waals surface area contributed by atoms with Crippen molar-refractivity contribution in [1.29, 1.82) is 0 Å². The van der Waals surface area contributed by atoms with Crippen LogP contribution in [0.5, 0.6) is 0 Å². The SMILES string of the molecule is C=CCC(NC(=O)CCNC(C)(C)C)C(=O)O. The second kappa shape index (κ2) is 7.06. The molecule has 0 aliphatic rings. The summed E-state index contributed by atoms with van der Waals surface area (Å²) in [7, 11) is 0. The minimum atomic E-state index is -1.04. The summed E-state index contributed by atoms with van der Waals surface area (Å²) in [5, 5.41) is 14.4. The van der Waals surface area contributed by atoms with Crippen LogP contribution in [0.15, 0.2) is 12.7 Å². The Morgan fingerprint density at radius 2 is 2.00 bits per heavy atom.